The van der Waals surface area contributed by atoms with Gasteiger partial charge in [-0.25, -0.2) is 12.2 Å². The summed E-state index contributed by atoms with van der Waals surface area (Å²) in [6, 6.07) is 0. The van der Waals surface area contributed by atoms with Crippen molar-refractivity contribution < 1.29 is 23.3 Å². The van der Waals surface area contributed by atoms with Gasteiger partial charge in [0.2, 0.25) is 0 Å². The first kappa shape index (κ1) is 16.3. The van der Waals surface area contributed by atoms with E-state index in [1.807, 2.05) is 12.2 Å². The first-order valence-electron chi connectivity index (χ1n) is 1.97. The van der Waals surface area contributed by atoms with E-state index in [2.05, 4.69) is 19.0 Å². The summed E-state index contributed by atoms with van der Waals surface area (Å²) in [6.07, 6.45) is 10.0. The van der Waals surface area contributed by atoms with Gasteiger partial charge < -0.3 is 14.9 Å². The topological polar surface area (TPSA) is 0 Å². The maximum absolute atomic E-state index is 3.06. The van der Waals surface area contributed by atoms with Gasteiger partial charge in [0.1, 0.15) is 0 Å². The third-order valence-electron chi connectivity index (χ3n) is 0.586. The molecule has 0 aromatic rings. The van der Waals surface area contributed by atoms with Gasteiger partial charge in [0.25, 0.3) is 0 Å². The summed E-state index contributed by atoms with van der Waals surface area (Å²) in [5.41, 5.74) is 0. The van der Waals surface area contributed by atoms with Gasteiger partial charge in [0.05, 0.1) is 0 Å². The molecule has 0 aromatic heterocycles. The second kappa shape index (κ2) is 15.8. The van der Waals surface area contributed by atoms with Crippen molar-refractivity contribution >= 4 is 6.88 Å². The van der Waals surface area contributed by atoms with E-state index >= 15 is 0 Å². The molecule has 50 valence electrons. The molecule has 2 radical (unpaired) electrons. The minimum atomic E-state index is 0. The van der Waals surface area contributed by atoms with E-state index in [1.165, 1.54) is 23.3 Å². The Bertz CT molecular complexity index is 76.9. The second-order valence-corrected chi connectivity index (χ2v) is 1.00. The van der Waals surface area contributed by atoms with Crippen LogP contribution in [0, 0.1) is 20.9 Å². The molecule has 1 aliphatic rings. The Morgan fingerprint density at radius 2 is 1.89 bits per heavy atom. The summed E-state index contributed by atoms with van der Waals surface area (Å²) in [7, 11) is 0. The van der Waals surface area contributed by atoms with Crippen LogP contribution in [-0.2, 0) is 23.3 Å². The Morgan fingerprint density at radius 3 is 2.00 bits per heavy atom. The molecule has 0 heterocycles. The van der Waals surface area contributed by atoms with Crippen molar-refractivity contribution in [2.45, 2.75) is 6.42 Å². The van der Waals surface area contributed by atoms with Crippen LogP contribution in [0.4, 0.5) is 0 Å². The van der Waals surface area contributed by atoms with Crippen molar-refractivity contribution in [3.63, 3.8) is 0 Å². The molecule has 0 saturated carbocycles. The van der Waals surface area contributed by atoms with Gasteiger partial charge in [-0.1, -0.05) is 0 Å². The van der Waals surface area contributed by atoms with Crippen LogP contribution >= 0.6 is 0 Å². The first-order chi connectivity index (χ1) is 3.50. The quantitative estimate of drug-likeness (QED) is 0.426. The van der Waals surface area contributed by atoms with Crippen molar-refractivity contribution in [1.82, 2.24) is 0 Å². The average Bonchev–Trinajstić information content (AvgIpc) is 2.23. The summed E-state index contributed by atoms with van der Waals surface area (Å²) >= 11 is 1.36. The Labute approximate surface area is 75.6 Å². The molecule has 1 rings (SSSR count). The van der Waals surface area contributed by atoms with E-state index in [0.29, 0.717) is 0 Å². The predicted molar refractivity (Wildman–Crippen MR) is 40.2 cm³/mol. The molecule has 0 atom stereocenters. The summed E-state index contributed by atoms with van der Waals surface area (Å²) in [4.78, 5) is 0. The zero-order valence-electron chi connectivity index (χ0n) is 5.94. The van der Waals surface area contributed by atoms with Crippen molar-refractivity contribution in [3.8, 4) is 0 Å². The van der Waals surface area contributed by atoms with Gasteiger partial charge in [-0.3, -0.25) is 6.08 Å². The van der Waals surface area contributed by atoms with Crippen LogP contribution in [0.25, 0.3) is 0 Å². The first-order valence-corrected chi connectivity index (χ1v) is 6.15. The Kier molecular flexibility index (Phi) is 28.7. The van der Waals surface area contributed by atoms with Crippen molar-refractivity contribution in [3.05, 3.63) is 39.2 Å². The molecule has 1 aliphatic carbocycles. The molecular formula is C7H11SiZr-3. The van der Waals surface area contributed by atoms with Gasteiger partial charge in [-0.05, 0) is 0 Å². The molecule has 0 saturated heterocycles. The molecule has 0 amide bonds. The van der Waals surface area contributed by atoms with Crippen molar-refractivity contribution in [1.29, 1.82) is 0 Å². The minimum absolute atomic E-state index is 0. The third kappa shape index (κ3) is 11.9. The summed E-state index contributed by atoms with van der Waals surface area (Å²) in [6.45, 7) is 3.06. The van der Waals surface area contributed by atoms with E-state index in [-0.39, 0.29) is 14.9 Å². The zero-order valence-corrected chi connectivity index (χ0v) is 9.40. The summed E-state index contributed by atoms with van der Waals surface area (Å²) in [5.74, 6) is 0. The monoisotopic (exact) mass is 213 g/mol. The molecule has 0 unspecified atom stereocenters. The van der Waals surface area contributed by atoms with Crippen LogP contribution in [0.2, 0.25) is 0 Å². The van der Waals surface area contributed by atoms with Crippen LogP contribution in [-0.4, -0.2) is 6.88 Å². The summed E-state index contributed by atoms with van der Waals surface area (Å²) < 4.78 is 0. The Hall–Kier alpha value is 0.580. The van der Waals surface area contributed by atoms with E-state index in [4.69, 9.17) is 0 Å². The van der Waals surface area contributed by atoms with Crippen LogP contribution in [0.5, 0.6) is 0 Å². The van der Waals surface area contributed by atoms with Gasteiger partial charge >= 0.3 is 30.2 Å². The van der Waals surface area contributed by atoms with Crippen molar-refractivity contribution in [2.24, 2.45) is 0 Å². The Morgan fingerprint density at radius 1 is 1.33 bits per heavy atom. The van der Waals surface area contributed by atoms with Crippen LogP contribution in [0.15, 0.2) is 18.2 Å². The molecule has 0 spiro atoms. The fraction of sp³-hybridized carbons (Fsp3) is 0.143. The second-order valence-electron chi connectivity index (χ2n) is 1.00. The van der Waals surface area contributed by atoms with Crippen LogP contribution in [0.1, 0.15) is 6.42 Å². The number of rotatable bonds is 0. The number of hydrogen-bond acceptors (Lipinski definition) is 0. The van der Waals surface area contributed by atoms with Crippen molar-refractivity contribution in [2.75, 3.05) is 0 Å². The SMILES string of the molecule is [C-]1=CC=CC1.[CH3-].[CH3-].[Si]=[Zr]. The molecular weight excluding hydrogens is 203 g/mol. The van der Waals surface area contributed by atoms with Gasteiger partial charge in [-0.15, -0.1) is 6.42 Å². The zero-order chi connectivity index (χ0) is 5.54. The maximum atomic E-state index is 3.06. The van der Waals surface area contributed by atoms with E-state index in [9.17, 15) is 0 Å². The van der Waals surface area contributed by atoms with Crippen LogP contribution in [0.3, 0.4) is 0 Å². The number of allylic oxidation sites excluding steroid dienone is 4. The molecule has 2 heteroatoms. The molecule has 0 aliphatic heterocycles. The van der Waals surface area contributed by atoms with E-state index in [0.717, 1.165) is 6.42 Å². The average molecular weight is 214 g/mol. The Balaban J connectivity index is -0.0000000836. The molecule has 0 bridgehead atoms. The van der Waals surface area contributed by atoms with Gasteiger partial charge in [-0.2, -0.15) is 6.08 Å². The molecule has 0 N–H and O–H groups in total. The molecule has 9 heavy (non-hydrogen) atoms. The molecule has 0 aromatic carbocycles. The predicted octanol–water partition coefficient (Wildman–Crippen LogP) is 1.82. The molecule has 0 nitrogen and oxygen atoms in total. The normalized spacial score (nSPS) is 10.1. The van der Waals surface area contributed by atoms with Gasteiger partial charge in [0.15, 0.2) is 0 Å². The van der Waals surface area contributed by atoms with E-state index in [1.54, 1.807) is 0 Å². The van der Waals surface area contributed by atoms with E-state index < -0.39 is 0 Å². The standard InChI is InChI=1S/C5H5.2CH3.Si.Zr/c1-2-4-5-3-1;;;;/h1-3H,4H2;2*1H3;;/q3*-1;;. The van der Waals surface area contributed by atoms with Crippen LogP contribution < -0.4 is 0 Å². The van der Waals surface area contributed by atoms with Gasteiger partial charge in [0, 0.05) is 0 Å². The third-order valence-corrected chi connectivity index (χ3v) is 0.586. The molecule has 0 fully saturated rings. The fourth-order valence-corrected chi connectivity index (χ4v) is 0.340. The number of hydrogen-bond donors (Lipinski definition) is 0. The fourth-order valence-electron chi connectivity index (χ4n) is 0.340. The summed E-state index contributed by atoms with van der Waals surface area (Å²) in [5, 5.41) is 0.